The van der Waals surface area contributed by atoms with Gasteiger partial charge in [-0.15, -0.1) is 21.5 Å². The Hall–Kier alpha value is -2.56. The van der Waals surface area contributed by atoms with E-state index in [1.807, 2.05) is 30.5 Å². The molecule has 3 aromatic rings. The first-order valence-corrected chi connectivity index (χ1v) is 14.6. The first kappa shape index (κ1) is 27.5. The quantitative estimate of drug-likeness (QED) is 0.182. The van der Waals surface area contributed by atoms with Crippen LogP contribution in [-0.2, 0) is 35.5 Å². The fourth-order valence-electron chi connectivity index (χ4n) is 4.25. The van der Waals surface area contributed by atoms with Gasteiger partial charge in [0.1, 0.15) is 17.4 Å². The van der Waals surface area contributed by atoms with Gasteiger partial charge in [0, 0.05) is 16.4 Å². The number of thioether (sulfide) groups is 1. The van der Waals surface area contributed by atoms with Crippen molar-refractivity contribution in [1.82, 2.24) is 14.8 Å². The highest BCUT2D eigenvalue weighted by Gasteiger charge is 2.26. The summed E-state index contributed by atoms with van der Waals surface area (Å²) in [5, 5.41) is 13.4. The highest BCUT2D eigenvalue weighted by Crippen LogP contribution is 2.38. The minimum absolute atomic E-state index is 0.139. The van der Waals surface area contributed by atoms with Gasteiger partial charge in [0.25, 0.3) is 0 Å². The Morgan fingerprint density at radius 3 is 2.76 bits per heavy atom. The second kappa shape index (κ2) is 12.8. The number of nitrogens with one attached hydrogen (secondary N) is 1. The molecule has 1 aliphatic rings. The second-order valence-corrected chi connectivity index (χ2v) is 11.1. The van der Waals surface area contributed by atoms with Gasteiger partial charge in [0.05, 0.1) is 17.9 Å². The number of aromatic nitrogens is 3. The van der Waals surface area contributed by atoms with Crippen LogP contribution >= 0.6 is 34.7 Å². The molecule has 0 spiro atoms. The lowest BCUT2D eigenvalue weighted by Crippen LogP contribution is -2.17. The molecule has 4 rings (SSSR count). The molecule has 11 heteroatoms. The number of halogens is 1. The van der Waals surface area contributed by atoms with Gasteiger partial charge in [-0.25, -0.2) is 4.79 Å². The number of hydrogen-bond donors (Lipinski definition) is 1. The van der Waals surface area contributed by atoms with Crippen LogP contribution < -0.4 is 10.1 Å². The maximum absolute atomic E-state index is 12.9. The fraction of sp³-hybridized carbons (Fsp3) is 0.462. The third kappa shape index (κ3) is 6.66. The fourth-order valence-corrected chi connectivity index (χ4v) is 6.48. The van der Waals surface area contributed by atoms with Gasteiger partial charge in [0.15, 0.2) is 11.0 Å². The number of ether oxygens (including phenoxy) is 2. The third-order valence-electron chi connectivity index (χ3n) is 6.09. The zero-order valence-corrected chi connectivity index (χ0v) is 23.7. The lowest BCUT2D eigenvalue weighted by molar-refractivity contribution is -0.113. The van der Waals surface area contributed by atoms with E-state index < -0.39 is 0 Å². The monoisotopic (exact) mass is 562 g/mol. The van der Waals surface area contributed by atoms with E-state index in [0.717, 1.165) is 43.2 Å². The van der Waals surface area contributed by atoms with E-state index in [9.17, 15) is 9.59 Å². The van der Waals surface area contributed by atoms with E-state index in [-0.39, 0.29) is 24.2 Å². The summed E-state index contributed by atoms with van der Waals surface area (Å²) in [6.45, 7) is 6.89. The number of hydrogen-bond acceptors (Lipinski definition) is 8. The standard InChI is InChI=1S/C26H31ClN4O4S2/c1-4-31-21(14-35-17-11-12-19(27)16(3)13-17)29-30-26(31)36-15-22(32)28-24-23(25(33)34-5-2)18-9-7-6-8-10-20(18)37-24/h11-13H,4-10,14-15H2,1-3H3,(H,28,32). The third-order valence-corrected chi connectivity index (χ3v) is 8.69. The SMILES string of the molecule is CCOC(=O)c1c(NC(=O)CSc2nnc(COc3ccc(Cl)c(C)c3)n2CC)sc2c1CCCCC2. The van der Waals surface area contributed by atoms with Gasteiger partial charge in [0.2, 0.25) is 5.91 Å². The predicted octanol–water partition coefficient (Wildman–Crippen LogP) is 6.08. The van der Waals surface area contributed by atoms with Crippen molar-refractivity contribution in [3.8, 4) is 5.75 Å². The summed E-state index contributed by atoms with van der Waals surface area (Å²) in [6.07, 6.45) is 5.04. The summed E-state index contributed by atoms with van der Waals surface area (Å²) < 4.78 is 13.1. The van der Waals surface area contributed by atoms with E-state index in [0.29, 0.717) is 45.5 Å². The number of thiophene rings is 1. The number of fused-ring (bicyclic) bond motifs is 1. The van der Waals surface area contributed by atoms with Crippen molar-refractivity contribution in [1.29, 1.82) is 0 Å². The lowest BCUT2D eigenvalue weighted by atomic mass is 10.1. The molecule has 0 bridgehead atoms. The Morgan fingerprint density at radius 2 is 2.00 bits per heavy atom. The molecule has 0 unspecified atom stereocenters. The molecular formula is C26H31ClN4O4S2. The number of nitrogens with zero attached hydrogens (tertiary/aromatic N) is 3. The summed E-state index contributed by atoms with van der Waals surface area (Å²) in [5.74, 6) is 0.945. The van der Waals surface area contributed by atoms with Crippen molar-refractivity contribution in [2.24, 2.45) is 0 Å². The highest BCUT2D eigenvalue weighted by atomic mass is 35.5. The molecule has 0 saturated carbocycles. The predicted molar refractivity (Wildman–Crippen MR) is 147 cm³/mol. The average molecular weight is 563 g/mol. The van der Waals surface area contributed by atoms with Crippen LogP contribution in [0.2, 0.25) is 5.02 Å². The highest BCUT2D eigenvalue weighted by molar-refractivity contribution is 7.99. The Morgan fingerprint density at radius 1 is 1.19 bits per heavy atom. The summed E-state index contributed by atoms with van der Waals surface area (Å²) in [4.78, 5) is 26.8. The van der Waals surface area contributed by atoms with Crippen molar-refractivity contribution in [2.75, 3.05) is 17.7 Å². The molecule has 1 N–H and O–H groups in total. The first-order valence-electron chi connectivity index (χ1n) is 12.5. The number of benzene rings is 1. The molecule has 37 heavy (non-hydrogen) atoms. The molecule has 1 aromatic carbocycles. The first-order chi connectivity index (χ1) is 17.9. The summed E-state index contributed by atoms with van der Waals surface area (Å²) >= 11 is 8.89. The van der Waals surface area contributed by atoms with Gasteiger partial charge in [-0.05, 0) is 75.8 Å². The van der Waals surface area contributed by atoms with Gasteiger partial charge < -0.3 is 19.4 Å². The Bertz CT molecular complexity index is 1270. The van der Waals surface area contributed by atoms with Crippen LogP contribution in [0.15, 0.2) is 23.4 Å². The number of esters is 1. The normalized spacial score (nSPS) is 13.1. The van der Waals surface area contributed by atoms with Crippen LogP contribution in [0.5, 0.6) is 5.75 Å². The molecule has 0 saturated heterocycles. The molecule has 1 aliphatic carbocycles. The van der Waals surface area contributed by atoms with E-state index in [1.165, 1.54) is 28.0 Å². The number of carbonyl (C=O) groups is 2. The summed E-state index contributed by atoms with van der Waals surface area (Å²) in [6, 6.07) is 5.50. The van der Waals surface area contributed by atoms with Crippen molar-refractivity contribution in [3.05, 3.63) is 50.6 Å². The van der Waals surface area contributed by atoms with E-state index >= 15 is 0 Å². The maximum Gasteiger partial charge on any atom is 0.341 e. The average Bonchev–Trinajstić information content (AvgIpc) is 3.35. The smallest absolute Gasteiger partial charge is 0.341 e. The number of rotatable bonds is 10. The number of carbonyl (C=O) groups excluding carboxylic acids is 2. The van der Waals surface area contributed by atoms with E-state index in [4.69, 9.17) is 21.1 Å². The lowest BCUT2D eigenvalue weighted by Gasteiger charge is -2.10. The molecule has 0 aliphatic heterocycles. The minimum atomic E-state index is -0.365. The number of amides is 1. The van der Waals surface area contributed by atoms with Gasteiger partial charge >= 0.3 is 5.97 Å². The molecule has 2 aromatic heterocycles. The summed E-state index contributed by atoms with van der Waals surface area (Å²) in [7, 11) is 0. The molecule has 8 nitrogen and oxygen atoms in total. The zero-order valence-electron chi connectivity index (χ0n) is 21.3. The van der Waals surface area contributed by atoms with Crippen molar-refractivity contribution in [3.63, 3.8) is 0 Å². The van der Waals surface area contributed by atoms with Crippen LogP contribution in [0.25, 0.3) is 0 Å². The Labute approximate surface area is 230 Å². The molecule has 0 radical (unpaired) electrons. The Balaban J connectivity index is 1.41. The largest absolute Gasteiger partial charge is 0.486 e. The van der Waals surface area contributed by atoms with E-state index in [2.05, 4.69) is 15.5 Å². The molecule has 2 heterocycles. The van der Waals surface area contributed by atoms with Crippen LogP contribution in [0, 0.1) is 6.92 Å². The topological polar surface area (TPSA) is 95.3 Å². The van der Waals surface area contributed by atoms with Crippen molar-refractivity contribution < 1.29 is 19.1 Å². The molecule has 0 atom stereocenters. The van der Waals surface area contributed by atoms with Crippen LogP contribution in [-0.4, -0.2) is 39.0 Å². The number of aryl methyl sites for hydroxylation is 2. The second-order valence-electron chi connectivity index (χ2n) is 8.67. The van der Waals surface area contributed by atoms with E-state index in [1.54, 1.807) is 13.0 Å². The molecule has 198 valence electrons. The minimum Gasteiger partial charge on any atom is -0.486 e. The summed E-state index contributed by atoms with van der Waals surface area (Å²) in [5.41, 5.74) is 2.50. The molecule has 0 fully saturated rings. The molecular weight excluding hydrogens is 532 g/mol. The van der Waals surface area contributed by atoms with Crippen molar-refractivity contribution in [2.45, 2.75) is 71.2 Å². The van der Waals surface area contributed by atoms with Gasteiger partial charge in [-0.3, -0.25) is 4.79 Å². The zero-order chi connectivity index (χ0) is 26.4. The maximum atomic E-state index is 12.9. The van der Waals surface area contributed by atoms with Gasteiger partial charge in [-0.2, -0.15) is 0 Å². The molecule has 1 amide bonds. The van der Waals surface area contributed by atoms with Gasteiger partial charge in [-0.1, -0.05) is 29.8 Å². The Kier molecular flexibility index (Phi) is 9.50. The van der Waals surface area contributed by atoms with Crippen LogP contribution in [0.4, 0.5) is 5.00 Å². The van der Waals surface area contributed by atoms with Crippen LogP contribution in [0.1, 0.15) is 65.3 Å². The van der Waals surface area contributed by atoms with Crippen LogP contribution in [0.3, 0.4) is 0 Å². The number of anilines is 1. The van der Waals surface area contributed by atoms with Crippen molar-refractivity contribution >= 4 is 51.6 Å².